The molecule has 0 radical (unpaired) electrons. The van der Waals surface area contributed by atoms with E-state index in [2.05, 4.69) is 23.1 Å². The second-order valence-electron chi connectivity index (χ2n) is 8.33. The predicted octanol–water partition coefficient (Wildman–Crippen LogP) is 5.92. The molecule has 1 N–H and O–H groups in total. The van der Waals surface area contributed by atoms with Gasteiger partial charge in [-0.05, 0) is 47.4 Å². The molecule has 1 heterocycles. The van der Waals surface area contributed by atoms with Gasteiger partial charge < -0.3 is 9.84 Å². The Kier molecular flexibility index (Phi) is 6.79. The van der Waals surface area contributed by atoms with Crippen molar-refractivity contribution in [2.24, 2.45) is 0 Å². The molecule has 3 aromatic rings. The number of hydrogen-bond acceptors (Lipinski definition) is 3. The lowest BCUT2D eigenvalue weighted by atomic mass is 10.00. The fraction of sp³-hybridized carbons (Fsp3) is 0.308. The number of β-amino-alcohol motifs (C(OH)–C–C–N with tert-alkyl or cyclic N) is 1. The molecule has 3 nitrogen and oxygen atoms in total. The van der Waals surface area contributed by atoms with Crippen LogP contribution in [0.15, 0.2) is 66.7 Å². The van der Waals surface area contributed by atoms with Gasteiger partial charge in [0.05, 0.1) is 0 Å². The van der Waals surface area contributed by atoms with Gasteiger partial charge in [-0.1, -0.05) is 54.1 Å². The Balaban J connectivity index is 1.39. The standard InChI is InChI=1S/C26H26ClF2NO2/c1-26(28,29)21-9-10-25(27)24(14-21)19-7-4-8-23(13-19)32-17-22(31)16-30-12-11-18-5-2-3-6-20(18)15-30/h2-10,13-14,22,31H,11-12,15-17H2,1H3. The molecule has 1 aliphatic rings. The number of alkyl halides is 2. The van der Waals surface area contributed by atoms with E-state index in [4.69, 9.17) is 16.3 Å². The Hall–Kier alpha value is -2.47. The summed E-state index contributed by atoms with van der Waals surface area (Å²) in [5.41, 5.74) is 3.78. The van der Waals surface area contributed by atoms with Crippen LogP contribution in [0.4, 0.5) is 8.78 Å². The minimum atomic E-state index is -2.95. The Morgan fingerprint density at radius 2 is 1.84 bits per heavy atom. The van der Waals surface area contributed by atoms with E-state index in [9.17, 15) is 13.9 Å². The van der Waals surface area contributed by atoms with Crippen LogP contribution in [0.1, 0.15) is 23.6 Å². The van der Waals surface area contributed by atoms with Gasteiger partial charge in [0.2, 0.25) is 0 Å². The largest absolute Gasteiger partial charge is 0.491 e. The lowest BCUT2D eigenvalue weighted by Crippen LogP contribution is -2.38. The minimum Gasteiger partial charge on any atom is -0.491 e. The van der Waals surface area contributed by atoms with Crippen LogP contribution in [0.3, 0.4) is 0 Å². The number of aliphatic hydroxyl groups is 1. The summed E-state index contributed by atoms with van der Waals surface area (Å²) >= 11 is 6.27. The van der Waals surface area contributed by atoms with Crippen molar-refractivity contribution >= 4 is 11.6 Å². The van der Waals surface area contributed by atoms with Gasteiger partial charge in [0.25, 0.3) is 5.92 Å². The fourth-order valence-corrected chi connectivity index (χ4v) is 4.25. The van der Waals surface area contributed by atoms with Gasteiger partial charge in [-0.3, -0.25) is 4.90 Å². The SMILES string of the molecule is CC(F)(F)c1ccc(Cl)c(-c2cccc(OCC(O)CN3CCc4ccccc4C3)c2)c1. The molecule has 0 aliphatic carbocycles. The third-order valence-electron chi connectivity index (χ3n) is 5.74. The molecular formula is C26H26ClF2NO2. The molecule has 6 heteroatoms. The van der Waals surface area contributed by atoms with E-state index >= 15 is 0 Å². The van der Waals surface area contributed by atoms with Crippen LogP contribution in [-0.4, -0.2) is 35.8 Å². The predicted molar refractivity (Wildman–Crippen MR) is 123 cm³/mol. The summed E-state index contributed by atoms with van der Waals surface area (Å²) in [7, 11) is 0. The summed E-state index contributed by atoms with van der Waals surface area (Å²) in [6.45, 7) is 3.25. The van der Waals surface area contributed by atoms with Gasteiger partial charge in [-0.15, -0.1) is 0 Å². The Morgan fingerprint density at radius 1 is 1.06 bits per heavy atom. The molecular weight excluding hydrogens is 432 g/mol. The van der Waals surface area contributed by atoms with Gasteiger partial charge in [-0.2, -0.15) is 0 Å². The molecule has 3 aromatic carbocycles. The molecule has 0 spiro atoms. The number of halogens is 3. The summed E-state index contributed by atoms with van der Waals surface area (Å²) < 4.78 is 33.3. The monoisotopic (exact) mass is 457 g/mol. The van der Waals surface area contributed by atoms with Crippen LogP contribution in [0, 0.1) is 0 Å². The average molecular weight is 458 g/mol. The van der Waals surface area contributed by atoms with Crippen LogP contribution in [0.2, 0.25) is 5.02 Å². The second kappa shape index (κ2) is 9.57. The molecule has 1 aliphatic heterocycles. The highest BCUT2D eigenvalue weighted by atomic mass is 35.5. The van der Waals surface area contributed by atoms with Crippen molar-refractivity contribution in [3.8, 4) is 16.9 Å². The van der Waals surface area contributed by atoms with Gasteiger partial charge in [-0.25, -0.2) is 8.78 Å². The molecule has 0 saturated heterocycles. The van der Waals surface area contributed by atoms with E-state index in [-0.39, 0.29) is 12.2 Å². The first-order chi connectivity index (χ1) is 15.3. The van der Waals surface area contributed by atoms with Crippen molar-refractivity contribution < 1.29 is 18.6 Å². The quantitative estimate of drug-likeness (QED) is 0.478. The number of hydrogen-bond donors (Lipinski definition) is 1. The summed E-state index contributed by atoms with van der Waals surface area (Å²) in [5.74, 6) is -2.40. The number of benzene rings is 3. The zero-order valence-electron chi connectivity index (χ0n) is 17.9. The fourth-order valence-electron chi connectivity index (χ4n) is 4.03. The van der Waals surface area contributed by atoms with Gasteiger partial charge >= 0.3 is 0 Å². The van der Waals surface area contributed by atoms with Gasteiger partial charge in [0, 0.05) is 42.7 Å². The highest BCUT2D eigenvalue weighted by Crippen LogP contribution is 2.35. The summed E-state index contributed by atoms with van der Waals surface area (Å²) in [5, 5.41) is 10.9. The van der Waals surface area contributed by atoms with E-state index in [1.165, 1.54) is 29.3 Å². The number of ether oxygens (including phenoxy) is 1. The van der Waals surface area contributed by atoms with E-state index in [0.29, 0.717) is 28.4 Å². The van der Waals surface area contributed by atoms with Crippen molar-refractivity contribution in [3.05, 3.63) is 88.4 Å². The summed E-state index contributed by atoms with van der Waals surface area (Å²) in [6, 6.07) is 19.7. The molecule has 1 atom stereocenters. The van der Waals surface area contributed by atoms with Crippen LogP contribution in [-0.2, 0) is 18.9 Å². The molecule has 0 aromatic heterocycles. The van der Waals surface area contributed by atoms with Crippen molar-refractivity contribution in [2.45, 2.75) is 31.9 Å². The third kappa shape index (κ3) is 5.47. The average Bonchev–Trinajstić information content (AvgIpc) is 2.77. The topological polar surface area (TPSA) is 32.7 Å². The van der Waals surface area contributed by atoms with E-state index in [1.807, 2.05) is 6.07 Å². The summed E-state index contributed by atoms with van der Waals surface area (Å²) in [4.78, 5) is 2.23. The van der Waals surface area contributed by atoms with Crippen molar-refractivity contribution in [2.75, 3.05) is 19.7 Å². The van der Waals surface area contributed by atoms with Crippen LogP contribution >= 0.6 is 11.6 Å². The van der Waals surface area contributed by atoms with Gasteiger partial charge in [0.1, 0.15) is 18.5 Å². The maximum atomic E-state index is 13.7. The molecule has 1 unspecified atom stereocenters. The lowest BCUT2D eigenvalue weighted by molar-refractivity contribution is 0.0175. The van der Waals surface area contributed by atoms with Crippen molar-refractivity contribution in [1.82, 2.24) is 4.90 Å². The Bertz CT molecular complexity index is 1080. The maximum absolute atomic E-state index is 13.7. The Morgan fingerprint density at radius 3 is 2.62 bits per heavy atom. The number of fused-ring (bicyclic) bond motifs is 1. The van der Waals surface area contributed by atoms with Crippen LogP contribution in [0.5, 0.6) is 5.75 Å². The van der Waals surface area contributed by atoms with E-state index < -0.39 is 12.0 Å². The van der Waals surface area contributed by atoms with Crippen molar-refractivity contribution in [3.63, 3.8) is 0 Å². The maximum Gasteiger partial charge on any atom is 0.270 e. The first kappa shape index (κ1) is 22.7. The number of nitrogens with zero attached hydrogens (tertiary/aromatic N) is 1. The normalized spacial score (nSPS) is 15.3. The lowest BCUT2D eigenvalue weighted by Gasteiger charge is -2.30. The van der Waals surface area contributed by atoms with Crippen LogP contribution < -0.4 is 4.74 Å². The first-order valence-electron chi connectivity index (χ1n) is 10.7. The molecule has 0 bridgehead atoms. The Labute approximate surface area is 192 Å². The highest BCUT2D eigenvalue weighted by molar-refractivity contribution is 6.33. The van der Waals surface area contributed by atoms with Crippen molar-refractivity contribution in [1.29, 1.82) is 0 Å². The number of rotatable bonds is 7. The van der Waals surface area contributed by atoms with E-state index in [0.717, 1.165) is 26.4 Å². The molecule has 32 heavy (non-hydrogen) atoms. The second-order valence-corrected chi connectivity index (χ2v) is 8.74. The zero-order valence-corrected chi connectivity index (χ0v) is 18.7. The molecule has 4 rings (SSSR count). The third-order valence-corrected chi connectivity index (χ3v) is 6.07. The molecule has 168 valence electrons. The smallest absolute Gasteiger partial charge is 0.270 e. The van der Waals surface area contributed by atoms with Gasteiger partial charge in [0.15, 0.2) is 0 Å². The molecule has 0 fully saturated rings. The number of aliphatic hydroxyl groups excluding tert-OH is 1. The molecule has 0 amide bonds. The summed E-state index contributed by atoms with van der Waals surface area (Å²) in [6.07, 6.45) is 0.331. The van der Waals surface area contributed by atoms with Crippen LogP contribution in [0.25, 0.3) is 11.1 Å². The zero-order chi connectivity index (χ0) is 22.7. The molecule has 0 saturated carbocycles. The minimum absolute atomic E-state index is 0.0956. The van der Waals surface area contributed by atoms with E-state index in [1.54, 1.807) is 24.3 Å². The highest BCUT2D eigenvalue weighted by Gasteiger charge is 2.25. The first-order valence-corrected chi connectivity index (χ1v) is 11.1.